The topological polar surface area (TPSA) is 142 Å². The molecule has 2 saturated heterocycles. The van der Waals surface area contributed by atoms with Crippen molar-refractivity contribution < 1.29 is 34.2 Å². The number of likely N-dealkylation sites (N-methyl/N-ethyl adjacent to an activating group) is 1. The molecule has 12 nitrogen and oxygen atoms in total. The molecule has 0 aromatic heterocycles. The number of rotatable bonds is 10. The summed E-state index contributed by atoms with van der Waals surface area (Å²) in [6.45, 7) is 4.12. The third kappa shape index (κ3) is 10.2. The Labute approximate surface area is 210 Å². The summed E-state index contributed by atoms with van der Waals surface area (Å²) < 4.78 is 0. The molecule has 0 aromatic carbocycles. The van der Waals surface area contributed by atoms with Crippen molar-refractivity contribution in [3.05, 3.63) is 0 Å². The zero-order chi connectivity index (χ0) is 26.0. The second-order valence-corrected chi connectivity index (χ2v) is 10.1. The Morgan fingerprint density at radius 1 is 0.829 bits per heavy atom. The summed E-state index contributed by atoms with van der Waals surface area (Å²) in [6, 6.07) is 0. The Morgan fingerprint density at radius 2 is 1.29 bits per heavy atom. The van der Waals surface area contributed by atoms with E-state index in [0.717, 1.165) is 0 Å². The molecule has 198 valence electrons. The monoisotopic (exact) mass is 515 g/mol. The highest BCUT2D eigenvalue weighted by Gasteiger charge is 2.37. The van der Waals surface area contributed by atoms with Crippen molar-refractivity contribution in [2.24, 2.45) is 0 Å². The van der Waals surface area contributed by atoms with Crippen molar-refractivity contribution in [1.82, 2.24) is 24.5 Å². The zero-order valence-electron chi connectivity index (χ0n) is 20.6. The van der Waals surface area contributed by atoms with Crippen LogP contribution in [0.1, 0.15) is 12.8 Å². The fraction of sp³-hybridized carbons (Fsp3) is 0.773. The van der Waals surface area contributed by atoms with E-state index in [2.05, 4.69) is 4.90 Å². The van der Waals surface area contributed by atoms with E-state index in [0.29, 0.717) is 52.4 Å². The molecule has 0 aromatic rings. The van der Waals surface area contributed by atoms with Crippen molar-refractivity contribution in [2.75, 3.05) is 91.8 Å². The molecule has 2 N–H and O–H groups in total. The largest absolute Gasteiger partial charge is 0.480 e. The van der Waals surface area contributed by atoms with Crippen molar-refractivity contribution in [2.45, 2.75) is 18.1 Å². The molecule has 2 fully saturated rings. The highest BCUT2D eigenvalue weighted by molar-refractivity contribution is 8.00. The molecule has 2 aliphatic rings. The first kappa shape index (κ1) is 29.2. The standard InChI is InChI=1S/C22H37N5O7S/c1-23-5-7-24(14-17(28)3-4-27-19(29)13-18(35-2)22(27)34)9-10-26(16-21(32)33)12-11-25(8-6-23)15-20(30)31/h18H,3-16H2,1-2H3,(H,30,31)(H,32,33). The Kier molecular flexibility index (Phi) is 12.1. The summed E-state index contributed by atoms with van der Waals surface area (Å²) in [6.07, 6.45) is 2.06. The van der Waals surface area contributed by atoms with E-state index in [1.54, 1.807) is 16.1 Å². The van der Waals surface area contributed by atoms with Crippen molar-refractivity contribution in [3.63, 3.8) is 0 Å². The lowest BCUT2D eigenvalue weighted by atomic mass is 10.2. The van der Waals surface area contributed by atoms with Gasteiger partial charge in [0.2, 0.25) is 11.8 Å². The molecule has 0 bridgehead atoms. The van der Waals surface area contributed by atoms with Gasteiger partial charge < -0.3 is 15.1 Å². The number of carboxylic acid groups (broad SMARTS) is 2. The molecule has 2 amide bonds. The maximum Gasteiger partial charge on any atom is 0.317 e. The van der Waals surface area contributed by atoms with Gasteiger partial charge in [-0.05, 0) is 13.3 Å². The minimum absolute atomic E-state index is 0.0784. The van der Waals surface area contributed by atoms with E-state index in [9.17, 15) is 34.2 Å². The van der Waals surface area contributed by atoms with Gasteiger partial charge in [-0.3, -0.25) is 43.6 Å². The summed E-state index contributed by atoms with van der Waals surface area (Å²) in [5.41, 5.74) is 0. The molecule has 0 saturated carbocycles. The van der Waals surface area contributed by atoms with E-state index < -0.39 is 11.9 Å². The van der Waals surface area contributed by atoms with Gasteiger partial charge in [-0.25, -0.2) is 0 Å². The SMILES string of the molecule is CSC1CC(=O)N(CCC(=O)CN2CCN(C)CCN(CC(=O)O)CCN(CC(=O)O)CC2)C1=O. The Morgan fingerprint density at radius 3 is 1.71 bits per heavy atom. The quantitative estimate of drug-likeness (QED) is 0.326. The molecule has 1 atom stereocenters. The molecule has 35 heavy (non-hydrogen) atoms. The fourth-order valence-corrected chi connectivity index (χ4v) is 4.77. The summed E-state index contributed by atoms with van der Waals surface area (Å²) in [5.74, 6) is -2.44. The number of hydrogen-bond acceptors (Lipinski definition) is 10. The highest BCUT2D eigenvalue weighted by Crippen LogP contribution is 2.23. The van der Waals surface area contributed by atoms with E-state index in [1.165, 1.54) is 16.7 Å². The van der Waals surface area contributed by atoms with E-state index in [1.807, 2.05) is 11.9 Å². The molecule has 0 radical (unpaired) electrons. The number of carboxylic acids is 2. The van der Waals surface area contributed by atoms with Gasteiger partial charge in [0, 0.05) is 71.7 Å². The number of Topliss-reactive ketones (excluding diaryl/α,β-unsaturated/α-hetero) is 1. The first-order valence-electron chi connectivity index (χ1n) is 11.8. The maximum atomic E-state index is 12.7. The maximum absolute atomic E-state index is 12.7. The normalized spacial score (nSPS) is 22.7. The summed E-state index contributed by atoms with van der Waals surface area (Å²) in [4.78, 5) is 68.4. The number of amides is 2. The van der Waals surface area contributed by atoms with Crippen LogP contribution in [-0.4, -0.2) is 161 Å². The lowest BCUT2D eigenvalue weighted by molar-refractivity contribution is -0.140. The van der Waals surface area contributed by atoms with Crippen LogP contribution in [-0.2, 0) is 24.0 Å². The van der Waals surface area contributed by atoms with Gasteiger partial charge in [0.15, 0.2) is 0 Å². The number of carbonyl (C=O) groups excluding carboxylic acids is 3. The number of thioether (sulfide) groups is 1. The summed E-state index contributed by atoms with van der Waals surface area (Å²) in [7, 11) is 1.94. The predicted molar refractivity (Wildman–Crippen MR) is 130 cm³/mol. The Hall–Kier alpha value is -2.06. The van der Waals surface area contributed by atoms with Gasteiger partial charge in [0.25, 0.3) is 0 Å². The molecule has 0 spiro atoms. The lowest BCUT2D eigenvalue weighted by Crippen LogP contribution is -2.48. The molecule has 1 unspecified atom stereocenters. The van der Waals surface area contributed by atoms with Crippen LogP contribution >= 0.6 is 11.8 Å². The zero-order valence-corrected chi connectivity index (χ0v) is 21.4. The first-order chi connectivity index (χ1) is 16.6. The van der Waals surface area contributed by atoms with E-state index in [-0.39, 0.29) is 61.9 Å². The van der Waals surface area contributed by atoms with Crippen molar-refractivity contribution in [3.8, 4) is 0 Å². The van der Waals surface area contributed by atoms with Crippen molar-refractivity contribution >= 4 is 41.3 Å². The van der Waals surface area contributed by atoms with Crippen LogP contribution in [0, 0.1) is 0 Å². The minimum Gasteiger partial charge on any atom is -0.480 e. The average Bonchev–Trinajstić information content (AvgIpc) is 3.06. The van der Waals surface area contributed by atoms with E-state index in [4.69, 9.17) is 0 Å². The fourth-order valence-electron chi connectivity index (χ4n) is 4.13. The molecular weight excluding hydrogens is 478 g/mol. The third-order valence-corrected chi connectivity index (χ3v) is 7.22. The minimum atomic E-state index is -0.965. The summed E-state index contributed by atoms with van der Waals surface area (Å²) in [5, 5.41) is 18.1. The number of likely N-dealkylation sites (tertiary alicyclic amines) is 1. The predicted octanol–water partition coefficient (Wildman–Crippen LogP) is -1.54. The first-order valence-corrected chi connectivity index (χ1v) is 13.1. The Balaban J connectivity index is 1.96. The number of nitrogens with zero attached hydrogens (tertiary/aromatic N) is 5. The smallest absolute Gasteiger partial charge is 0.317 e. The van der Waals surface area contributed by atoms with Gasteiger partial charge in [-0.2, -0.15) is 11.8 Å². The molecule has 2 rings (SSSR count). The molecule has 13 heteroatoms. The van der Waals surface area contributed by atoms with Crippen LogP contribution in [0.5, 0.6) is 0 Å². The van der Waals surface area contributed by atoms with Crippen molar-refractivity contribution in [1.29, 1.82) is 0 Å². The van der Waals surface area contributed by atoms with Crippen LogP contribution in [0.25, 0.3) is 0 Å². The van der Waals surface area contributed by atoms with Gasteiger partial charge in [0.1, 0.15) is 5.78 Å². The number of imide groups is 1. The van der Waals surface area contributed by atoms with Crippen LogP contribution in [0.3, 0.4) is 0 Å². The number of aliphatic carboxylic acids is 2. The van der Waals surface area contributed by atoms with E-state index >= 15 is 0 Å². The Bertz CT molecular complexity index is 783. The molecule has 2 aliphatic heterocycles. The molecule has 0 aliphatic carbocycles. The van der Waals surface area contributed by atoms with Gasteiger partial charge in [-0.15, -0.1) is 0 Å². The number of hydrogen-bond donors (Lipinski definition) is 2. The lowest BCUT2D eigenvalue weighted by Gasteiger charge is -2.32. The van der Waals surface area contributed by atoms with Crippen LogP contribution in [0.4, 0.5) is 0 Å². The van der Waals surface area contributed by atoms with Gasteiger partial charge >= 0.3 is 11.9 Å². The number of carbonyl (C=O) groups is 5. The molecular formula is C22H37N5O7S. The van der Waals surface area contributed by atoms with Gasteiger partial charge in [0.05, 0.1) is 24.9 Å². The second-order valence-electron chi connectivity index (χ2n) is 9.02. The second kappa shape index (κ2) is 14.5. The molecule has 2 heterocycles. The highest BCUT2D eigenvalue weighted by atomic mass is 32.2. The number of ketones is 1. The van der Waals surface area contributed by atoms with Crippen LogP contribution < -0.4 is 0 Å². The van der Waals surface area contributed by atoms with Crippen LogP contribution in [0.15, 0.2) is 0 Å². The van der Waals surface area contributed by atoms with Crippen LogP contribution in [0.2, 0.25) is 0 Å². The summed E-state index contributed by atoms with van der Waals surface area (Å²) >= 11 is 1.34. The van der Waals surface area contributed by atoms with Gasteiger partial charge in [-0.1, -0.05) is 0 Å². The average molecular weight is 516 g/mol. The third-order valence-electron chi connectivity index (χ3n) is 6.28.